The van der Waals surface area contributed by atoms with E-state index >= 15 is 0 Å². The van der Waals surface area contributed by atoms with Crippen molar-refractivity contribution in [3.8, 4) is 0 Å². The zero-order valence-corrected chi connectivity index (χ0v) is 13.4. The Labute approximate surface area is 130 Å². The smallest absolute Gasteiger partial charge is 0.276 e. The molecule has 2 aliphatic heterocycles. The summed E-state index contributed by atoms with van der Waals surface area (Å²) in [4.78, 5) is 21.1. The van der Waals surface area contributed by atoms with Gasteiger partial charge in [0.2, 0.25) is 0 Å². The number of rotatable bonds is 3. The average Bonchev–Trinajstić information content (AvgIpc) is 3.04. The van der Waals surface area contributed by atoms with Crippen LogP contribution >= 0.6 is 11.8 Å². The van der Waals surface area contributed by atoms with E-state index in [-0.39, 0.29) is 5.91 Å². The molecule has 0 bridgehead atoms. The maximum absolute atomic E-state index is 12.5. The maximum Gasteiger partial charge on any atom is 0.276 e. The van der Waals surface area contributed by atoms with E-state index in [0.717, 1.165) is 25.9 Å². The van der Waals surface area contributed by atoms with Gasteiger partial charge in [0.25, 0.3) is 5.91 Å². The number of piperidine rings is 1. The van der Waals surface area contributed by atoms with E-state index in [4.69, 9.17) is 4.42 Å². The fourth-order valence-electron chi connectivity index (χ4n) is 3.22. The first kappa shape index (κ1) is 14.9. The van der Waals surface area contributed by atoms with E-state index in [9.17, 15) is 4.79 Å². The summed E-state index contributed by atoms with van der Waals surface area (Å²) in [7, 11) is 0. The van der Waals surface area contributed by atoms with Gasteiger partial charge < -0.3 is 9.32 Å². The number of carbonyl (C=O) groups is 1. The van der Waals surface area contributed by atoms with Crippen LogP contribution in [0.2, 0.25) is 0 Å². The molecular formula is C15H23N3O2S. The average molecular weight is 309 g/mol. The van der Waals surface area contributed by atoms with Crippen LogP contribution in [0.5, 0.6) is 0 Å². The number of thioether (sulfide) groups is 1. The van der Waals surface area contributed by atoms with Crippen molar-refractivity contribution in [3.63, 3.8) is 0 Å². The van der Waals surface area contributed by atoms with Crippen LogP contribution in [0.4, 0.5) is 0 Å². The first-order chi connectivity index (χ1) is 10.3. The second kappa shape index (κ2) is 6.83. The predicted molar refractivity (Wildman–Crippen MR) is 83.7 cm³/mol. The fraction of sp³-hybridized carbons (Fsp3) is 0.733. The molecule has 5 nitrogen and oxygen atoms in total. The molecule has 0 spiro atoms. The summed E-state index contributed by atoms with van der Waals surface area (Å²) in [6.45, 7) is 6.06. The summed E-state index contributed by atoms with van der Waals surface area (Å²) in [5.74, 6) is 3.24. The van der Waals surface area contributed by atoms with Gasteiger partial charge in [-0.1, -0.05) is 6.92 Å². The van der Waals surface area contributed by atoms with Crippen molar-refractivity contribution in [1.29, 1.82) is 0 Å². The van der Waals surface area contributed by atoms with Crippen LogP contribution in [0.1, 0.15) is 36.0 Å². The van der Waals surface area contributed by atoms with Crippen LogP contribution < -0.4 is 0 Å². The minimum Gasteiger partial charge on any atom is -0.448 e. The van der Waals surface area contributed by atoms with Crippen LogP contribution in [0, 0.1) is 0 Å². The number of aryl methyl sites for hydroxylation is 1. The molecule has 1 amide bonds. The molecule has 116 valence electrons. The third kappa shape index (κ3) is 3.26. The highest BCUT2D eigenvalue weighted by molar-refractivity contribution is 7.99. The fourth-order valence-corrected chi connectivity index (χ4v) is 4.15. The normalized spacial score (nSPS) is 21.7. The molecule has 1 aromatic rings. The topological polar surface area (TPSA) is 49.6 Å². The molecule has 0 radical (unpaired) electrons. The van der Waals surface area contributed by atoms with Crippen molar-refractivity contribution in [3.05, 3.63) is 17.8 Å². The molecule has 0 N–H and O–H groups in total. The lowest BCUT2D eigenvalue weighted by Crippen LogP contribution is -2.49. The molecule has 3 rings (SSSR count). The van der Waals surface area contributed by atoms with E-state index in [1.807, 2.05) is 23.6 Å². The summed E-state index contributed by atoms with van der Waals surface area (Å²) in [6, 6.07) is 0.651. The van der Waals surface area contributed by atoms with Crippen LogP contribution in [0.25, 0.3) is 0 Å². The third-order valence-corrected chi connectivity index (χ3v) is 5.42. The van der Waals surface area contributed by atoms with Gasteiger partial charge in [0, 0.05) is 50.1 Å². The molecule has 2 fully saturated rings. The van der Waals surface area contributed by atoms with Gasteiger partial charge >= 0.3 is 0 Å². The van der Waals surface area contributed by atoms with E-state index in [1.54, 1.807) is 0 Å². The SMILES string of the molecule is CCc1ocnc1C(=O)N1CCC(N2CCSCC2)CC1. The second-order valence-corrected chi connectivity index (χ2v) is 6.87. The molecule has 2 aliphatic rings. The Morgan fingerprint density at radius 2 is 2.05 bits per heavy atom. The van der Waals surface area contributed by atoms with Crippen molar-refractivity contribution >= 4 is 17.7 Å². The molecule has 0 unspecified atom stereocenters. The quantitative estimate of drug-likeness (QED) is 0.853. The number of oxazole rings is 1. The van der Waals surface area contributed by atoms with Gasteiger partial charge in [0.15, 0.2) is 12.1 Å². The molecule has 0 atom stereocenters. The first-order valence-corrected chi connectivity index (χ1v) is 8.98. The van der Waals surface area contributed by atoms with Gasteiger partial charge in [-0.25, -0.2) is 4.98 Å². The lowest BCUT2D eigenvalue weighted by atomic mass is 10.0. The monoisotopic (exact) mass is 309 g/mol. The Balaban J connectivity index is 1.56. The van der Waals surface area contributed by atoms with Crippen molar-refractivity contribution in [2.24, 2.45) is 0 Å². The highest BCUT2D eigenvalue weighted by Gasteiger charge is 2.29. The largest absolute Gasteiger partial charge is 0.448 e. The number of likely N-dealkylation sites (tertiary alicyclic amines) is 1. The minimum absolute atomic E-state index is 0.0354. The molecular weight excluding hydrogens is 286 g/mol. The molecule has 0 saturated carbocycles. The Morgan fingerprint density at radius 3 is 2.71 bits per heavy atom. The van der Waals surface area contributed by atoms with Crippen molar-refractivity contribution < 1.29 is 9.21 Å². The number of hydrogen-bond acceptors (Lipinski definition) is 5. The van der Waals surface area contributed by atoms with Gasteiger partial charge in [0.05, 0.1) is 0 Å². The number of nitrogens with zero attached hydrogens (tertiary/aromatic N) is 3. The zero-order valence-electron chi connectivity index (χ0n) is 12.6. The number of carbonyl (C=O) groups excluding carboxylic acids is 1. The molecule has 0 aliphatic carbocycles. The number of hydrogen-bond donors (Lipinski definition) is 0. The lowest BCUT2D eigenvalue weighted by Gasteiger charge is -2.39. The van der Waals surface area contributed by atoms with Gasteiger partial charge in [-0.05, 0) is 12.8 Å². The van der Waals surface area contributed by atoms with Gasteiger partial charge in [-0.3, -0.25) is 9.69 Å². The Morgan fingerprint density at radius 1 is 1.33 bits per heavy atom. The van der Waals surface area contributed by atoms with Crippen LogP contribution in [0.15, 0.2) is 10.8 Å². The summed E-state index contributed by atoms with van der Waals surface area (Å²) in [6.07, 6.45) is 4.25. The number of aromatic nitrogens is 1. The van der Waals surface area contributed by atoms with Crippen molar-refractivity contribution in [1.82, 2.24) is 14.8 Å². The van der Waals surface area contributed by atoms with Crippen LogP contribution in [0.3, 0.4) is 0 Å². The molecule has 1 aromatic heterocycles. The van der Waals surface area contributed by atoms with Gasteiger partial charge in [-0.2, -0.15) is 11.8 Å². The highest BCUT2D eigenvalue weighted by atomic mass is 32.2. The summed E-state index contributed by atoms with van der Waals surface area (Å²) in [5.41, 5.74) is 0.505. The standard InChI is InChI=1S/C15H23N3O2S/c1-2-13-14(16-11-20-13)15(19)18-5-3-12(4-6-18)17-7-9-21-10-8-17/h11-12H,2-10H2,1H3. The highest BCUT2D eigenvalue weighted by Crippen LogP contribution is 2.22. The molecule has 3 heterocycles. The Hall–Kier alpha value is -1.01. The van der Waals surface area contributed by atoms with E-state index in [2.05, 4.69) is 9.88 Å². The Bertz CT molecular complexity index is 477. The molecule has 6 heteroatoms. The first-order valence-electron chi connectivity index (χ1n) is 7.83. The van der Waals surface area contributed by atoms with Crippen LogP contribution in [-0.4, -0.2) is 64.4 Å². The molecule has 0 aromatic carbocycles. The second-order valence-electron chi connectivity index (χ2n) is 5.65. The summed E-state index contributed by atoms with van der Waals surface area (Å²) >= 11 is 2.05. The molecule has 2 saturated heterocycles. The zero-order chi connectivity index (χ0) is 14.7. The summed E-state index contributed by atoms with van der Waals surface area (Å²) in [5, 5.41) is 0. The lowest BCUT2D eigenvalue weighted by molar-refractivity contribution is 0.0624. The number of amides is 1. The maximum atomic E-state index is 12.5. The van der Waals surface area contributed by atoms with Crippen LogP contribution in [-0.2, 0) is 6.42 Å². The molecule has 21 heavy (non-hydrogen) atoms. The van der Waals surface area contributed by atoms with E-state index < -0.39 is 0 Å². The van der Waals surface area contributed by atoms with Crippen molar-refractivity contribution in [2.75, 3.05) is 37.7 Å². The summed E-state index contributed by atoms with van der Waals surface area (Å²) < 4.78 is 5.27. The van der Waals surface area contributed by atoms with Gasteiger partial charge in [-0.15, -0.1) is 0 Å². The van der Waals surface area contributed by atoms with Gasteiger partial charge in [0.1, 0.15) is 5.76 Å². The Kier molecular flexibility index (Phi) is 4.85. The van der Waals surface area contributed by atoms with E-state index in [1.165, 1.54) is 31.0 Å². The van der Waals surface area contributed by atoms with E-state index in [0.29, 0.717) is 23.9 Å². The predicted octanol–water partition coefficient (Wildman–Crippen LogP) is 1.89. The minimum atomic E-state index is 0.0354. The van der Waals surface area contributed by atoms with Crippen molar-refractivity contribution in [2.45, 2.75) is 32.2 Å². The third-order valence-electron chi connectivity index (χ3n) is 4.48.